The van der Waals surface area contributed by atoms with Gasteiger partial charge in [0.1, 0.15) is 11.6 Å². The lowest BCUT2D eigenvalue weighted by molar-refractivity contribution is 0.387. The van der Waals surface area contributed by atoms with Crippen molar-refractivity contribution in [2.45, 2.75) is 72.3 Å². The summed E-state index contributed by atoms with van der Waals surface area (Å²) in [6.45, 7) is 13.1. The highest BCUT2D eigenvalue weighted by atomic mass is 15.2. The van der Waals surface area contributed by atoms with Gasteiger partial charge in [-0.15, -0.1) is 0 Å². The maximum absolute atomic E-state index is 6.30. The Labute approximate surface area is 105 Å². The van der Waals surface area contributed by atoms with Crippen molar-refractivity contribution in [3.8, 4) is 0 Å². The van der Waals surface area contributed by atoms with Gasteiger partial charge in [-0.2, -0.15) is 0 Å². The summed E-state index contributed by atoms with van der Waals surface area (Å²) in [6, 6.07) is 0. The van der Waals surface area contributed by atoms with E-state index < -0.39 is 0 Å². The Morgan fingerprint density at radius 1 is 1.29 bits per heavy atom. The van der Waals surface area contributed by atoms with Crippen LogP contribution in [0.4, 0.5) is 5.82 Å². The molecule has 0 aliphatic heterocycles. The van der Waals surface area contributed by atoms with Gasteiger partial charge in [-0.1, -0.05) is 20.8 Å². The zero-order valence-electron chi connectivity index (χ0n) is 12.2. The van der Waals surface area contributed by atoms with Gasteiger partial charge in [0, 0.05) is 17.9 Å². The van der Waals surface area contributed by atoms with Crippen LogP contribution in [0.3, 0.4) is 0 Å². The Kier molecular flexibility index (Phi) is 4.23. The van der Waals surface area contributed by atoms with Crippen LogP contribution >= 0.6 is 0 Å². The molecule has 0 radical (unpaired) electrons. The fourth-order valence-corrected chi connectivity index (χ4v) is 2.20. The summed E-state index contributed by atoms with van der Waals surface area (Å²) >= 11 is 0. The van der Waals surface area contributed by atoms with Gasteiger partial charge in [0.05, 0.1) is 5.69 Å². The summed E-state index contributed by atoms with van der Waals surface area (Å²) in [5.41, 5.74) is 7.38. The molecule has 1 heterocycles. The first kappa shape index (κ1) is 14.1. The predicted octanol–water partition coefficient (Wildman–Crippen LogP) is 3.69. The summed E-state index contributed by atoms with van der Waals surface area (Å²) in [6.07, 6.45) is 3.18. The molecule has 98 valence electrons. The number of aromatic nitrogens is 2. The Morgan fingerprint density at radius 3 is 2.29 bits per heavy atom. The van der Waals surface area contributed by atoms with Gasteiger partial charge in [-0.3, -0.25) is 0 Å². The zero-order valence-corrected chi connectivity index (χ0v) is 12.2. The van der Waals surface area contributed by atoms with Crippen molar-refractivity contribution in [1.29, 1.82) is 0 Å². The number of nitrogens with zero attached hydrogens (tertiary/aromatic N) is 2. The molecule has 0 bridgehead atoms. The molecule has 0 spiro atoms. The lowest BCUT2D eigenvalue weighted by Crippen LogP contribution is -2.25. The molecule has 0 saturated carbocycles. The molecule has 0 aliphatic rings. The fraction of sp³-hybridized carbons (Fsp3) is 0.786. The van der Waals surface area contributed by atoms with Crippen LogP contribution in [0.5, 0.6) is 0 Å². The first-order valence-electron chi connectivity index (χ1n) is 6.70. The minimum absolute atomic E-state index is 0.00724. The summed E-state index contributed by atoms with van der Waals surface area (Å²) in [4.78, 5) is 4.77. The molecule has 1 aromatic heterocycles. The maximum Gasteiger partial charge on any atom is 0.127 e. The van der Waals surface area contributed by atoms with Crippen LogP contribution in [0.2, 0.25) is 0 Å². The summed E-state index contributed by atoms with van der Waals surface area (Å²) < 4.78 is 2.21. The van der Waals surface area contributed by atoms with E-state index in [1.54, 1.807) is 0 Å². The summed E-state index contributed by atoms with van der Waals surface area (Å²) in [7, 11) is 0. The van der Waals surface area contributed by atoms with Crippen molar-refractivity contribution in [3.63, 3.8) is 0 Å². The van der Waals surface area contributed by atoms with Crippen molar-refractivity contribution in [3.05, 3.63) is 11.5 Å². The standard InChI is InChI=1S/C14H27N3/c1-7-9-11-16-12(10(3)8-2)13(15)17(11)14(4,5)6/h10H,7-9,15H2,1-6H3. The topological polar surface area (TPSA) is 43.8 Å². The van der Waals surface area contributed by atoms with Gasteiger partial charge >= 0.3 is 0 Å². The second-order valence-electron chi connectivity index (χ2n) is 5.86. The number of hydrogen-bond acceptors (Lipinski definition) is 2. The molecule has 17 heavy (non-hydrogen) atoms. The van der Waals surface area contributed by atoms with Crippen molar-refractivity contribution >= 4 is 5.82 Å². The second-order valence-corrected chi connectivity index (χ2v) is 5.86. The monoisotopic (exact) mass is 237 g/mol. The van der Waals surface area contributed by atoms with Crippen LogP contribution in [0.15, 0.2) is 0 Å². The highest BCUT2D eigenvalue weighted by Gasteiger charge is 2.25. The summed E-state index contributed by atoms with van der Waals surface area (Å²) in [5, 5.41) is 0. The van der Waals surface area contributed by atoms with Crippen molar-refractivity contribution in [1.82, 2.24) is 9.55 Å². The van der Waals surface area contributed by atoms with Gasteiger partial charge in [0.15, 0.2) is 0 Å². The van der Waals surface area contributed by atoms with Crippen LogP contribution in [0.1, 0.15) is 71.8 Å². The predicted molar refractivity (Wildman–Crippen MR) is 74.3 cm³/mol. The average Bonchev–Trinajstić information content (AvgIpc) is 2.54. The number of aryl methyl sites for hydroxylation is 1. The van der Waals surface area contributed by atoms with E-state index in [0.717, 1.165) is 36.6 Å². The van der Waals surface area contributed by atoms with E-state index in [-0.39, 0.29) is 5.54 Å². The lowest BCUT2D eigenvalue weighted by Gasteiger charge is -2.25. The van der Waals surface area contributed by atoms with Gasteiger partial charge in [0.25, 0.3) is 0 Å². The Balaban J connectivity index is 3.30. The fourth-order valence-electron chi connectivity index (χ4n) is 2.20. The maximum atomic E-state index is 6.30. The molecule has 2 N–H and O–H groups in total. The molecular weight excluding hydrogens is 210 g/mol. The smallest absolute Gasteiger partial charge is 0.127 e. The number of rotatable bonds is 4. The first-order chi connectivity index (χ1) is 7.82. The number of imidazole rings is 1. The number of anilines is 1. The molecule has 0 amide bonds. The van der Waals surface area contributed by atoms with E-state index in [0.29, 0.717) is 5.92 Å². The largest absolute Gasteiger partial charge is 0.384 e. The first-order valence-corrected chi connectivity index (χ1v) is 6.70. The van der Waals surface area contributed by atoms with E-state index in [2.05, 4.69) is 46.1 Å². The Morgan fingerprint density at radius 2 is 1.88 bits per heavy atom. The van der Waals surface area contributed by atoms with Crippen LogP contribution in [-0.4, -0.2) is 9.55 Å². The lowest BCUT2D eigenvalue weighted by atomic mass is 10.0. The van der Waals surface area contributed by atoms with Crippen LogP contribution in [0, 0.1) is 0 Å². The third kappa shape index (κ3) is 2.82. The van der Waals surface area contributed by atoms with E-state index in [1.807, 2.05) is 0 Å². The molecule has 3 heteroatoms. The highest BCUT2D eigenvalue weighted by molar-refractivity contribution is 5.41. The number of nitrogens with two attached hydrogens (primary N) is 1. The molecule has 3 nitrogen and oxygen atoms in total. The molecular formula is C14H27N3. The third-order valence-corrected chi connectivity index (χ3v) is 3.23. The molecule has 1 unspecified atom stereocenters. The van der Waals surface area contributed by atoms with Crippen LogP contribution < -0.4 is 5.73 Å². The summed E-state index contributed by atoms with van der Waals surface area (Å²) in [5.74, 6) is 2.43. The SMILES string of the molecule is CCCc1nc(C(C)CC)c(N)n1C(C)(C)C. The molecule has 0 aromatic carbocycles. The van der Waals surface area contributed by atoms with Gasteiger partial charge < -0.3 is 10.3 Å². The van der Waals surface area contributed by atoms with Crippen LogP contribution in [0.25, 0.3) is 0 Å². The minimum Gasteiger partial charge on any atom is -0.384 e. The normalized spacial score (nSPS) is 14.0. The molecule has 0 aliphatic carbocycles. The number of nitrogen functional groups attached to an aromatic ring is 1. The third-order valence-electron chi connectivity index (χ3n) is 3.23. The molecule has 1 rings (SSSR count). The van der Waals surface area contributed by atoms with Gasteiger partial charge in [-0.25, -0.2) is 4.98 Å². The van der Waals surface area contributed by atoms with E-state index in [1.165, 1.54) is 0 Å². The van der Waals surface area contributed by atoms with Gasteiger partial charge in [0.2, 0.25) is 0 Å². The quantitative estimate of drug-likeness (QED) is 0.868. The molecule has 1 aromatic rings. The Hall–Kier alpha value is -0.990. The second kappa shape index (κ2) is 5.11. The Bertz CT molecular complexity index is 372. The van der Waals surface area contributed by atoms with E-state index >= 15 is 0 Å². The zero-order chi connectivity index (χ0) is 13.2. The molecule has 1 atom stereocenters. The number of hydrogen-bond donors (Lipinski definition) is 1. The van der Waals surface area contributed by atoms with Crippen molar-refractivity contribution in [2.75, 3.05) is 5.73 Å². The van der Waals surface area contributed by atoms with E-state index in [4.69, 9.17) is 10.7 Å². The molecule has 0 fully saturated rings. The van der Waals surface area contributed by atoms with Crippen molar-refractivity contribution < 1.29 is 0 Å². The van der Waals surface area contributed by atoms with Crippen molar-refractivity contribution in [2.24, 2.45) is 0 Å². The highest BCUT2D eigenvalue weighted by Crippen LogP contribution is 2.30. The van der Waals surface area contributed by atoms with Crippen LogP contribution in [-0.2, 0) is 12.0 Å². The van der Waals surface area contributed by atoms with E-state index in [9.17, 15) is 0 Å². The average molecular weight is 237 g/mol. The van der Waals surface area contributed by atoms with Gasteiger partial charge in [-0.05, 0) is 33.6 Å². The minimum atomic E-state index is 0.00724. The molecule has 0 saturated heterocycles.